The lowest BCUT2D eigenvalue weighted by atomic mass is 10.1. The van der Waals surface area contributed by atoms with E-state index in [-0.39, 0.29) is 36.3 Å². The van der Waals surface area contributed by atoms with Crippen LogP contribution >= 0.6 is 0 Å². The summed E-state index contributed by atoms with van der Waals surface area (Å²) in [6, 6.07) is 7.55. The summed E-state index contributed by atoms with van der Waals surface area (Å²) < 4.78 is 37.2. The van der Waals surface area contributed by atoms with Crippen molar-refractivity contribution in [2.45, 2.75) is 6.92 Å². The number of hydrogen-bond donors (Lipinski definition) is 0. The largest absolute Gasteiger partial charge is 0.485 e. The lowest BCUT2D eigenvalue weighted by Crippen LogP contribution is -2.52. The van der Waals surface area contributed by atoms with Gasteiger partial charge in [0, 0.05) is 37.8 Å². The van der Waals surface area contributed by atoms with E-state index in [1.807, 2.05) is 0 Å². The van der Waals surface area contributed by atoms with Crippen molar-refractivity contribution in [1.82, 2.24) is 9.80 Å². The molecule has 0 unspecified atom stereocenters. The highest BCUT2D eigenvalue weighted by Gasteiger charge is 2.30. The zero-order chi connectivity index (χ0) is 24.2. The second-order valence-electron chi connectivity index (χ2n) is 8.05. The van der Waals surface area contributed by atoms with Gasteiger partial charge in [-0.2, -0.15) is 0 Å². The van der Waals surface area contributed by atoms with Crippen molar-refractivity contribution in [2.24, 2.45) is 0 Å². The summed E-state index contributed by atoms with van der Waals surface area (Å²) in [6.45, 7) is 4.99. The van der Waals surface area contributed by atoms with Gasteiger partial charge in [0.1, 0.15) is 18.0 Å². The number of fused-ring (bicyclic) bond motifs is 1. The van der Waals surface area contributed by atoms with Crippen LogP contribution in [0, 0.1) is 11.6 Å². The second kappa shape index (κ2) is 10.2. The average Bonchev–Trinajstić information content (AvgIpc) is 2.86. The molecule has 2 heterocycles. The van der Waals surface area contributed by atoms with Crippen LogP contribution < -0.4 is 14.4 Å². The molecular formula is C24H25F2N3O5. The molecule has 2 aliphatic heterocycles. The average molecular weight is 473 g/mol. The van der Waals surface area contributed by atoms with Gasteiger partial charge in [-0.3, -0.25) is 19.3 Å². The van der Waals surface area contributed by atoms with Crippen LogP contribution in [-0.2, 0) is 9.59 Å². The van der Waals surface area contributed by atoms with Crippen molar-refractivity contribution < 1.29 is 32.6 Å². The monoisotopic (exact) mass is 473 g/mol. The predicted molar refractivity (Wildman–Crippen MR) is 119 cm³/mol. The molecule has 2 aromatic rings. The highest BCUT2D eigenvalue weighted by atomic mass is 19.2. The van der Waals surface area contributed by atoms with E-state index in [0.29, 0.717) is 24.5 Å². The van der Waals surface area contributed by atoms with Gasteiger partial charge in [0.15, 0.2) is 30.6 Å². The molecule has 1 saturated heterocycles. The Morgan fingerprint density at radius 1 is 1.03 bits per heavy atom. The van der Waals surface area contributed by atoms with Gasteiger partial charge in [-0.25, -0.2) is 8.78 Å². The van der Waals surface area contributed by atoms with Crippen molar-refractivity contribution in [3.05, 3.63) is 53.6 Å². The number of anilines is 1. The Kier molecular flexibility index (Phi) is 7.06. The molecule has 34 heavy (non-hydrogen) atoms. The Balaban J connectivity index is 1.45. The zero-order valence-electron chi connectivity index (χ0n) is 18.8. The third-order valence-corrected chi connectivity index (χ3v) is 5.95. The highest BCUT2D eigenvalue weighted by Crippen LogP contribution is 2.33. The molecule has 0 aliphatic carbocycles. The Morgan fingerprint density at radius 3 is 2.50 bits per heavy atom. The molecule has 0 N–H and O–H groups in total. The fourth-order valence-corrected chi connectivity index (χ4v) is 3.90. The molecular weight excluding hydrogens is 448 g/mol. The number of likely N-dealkylation sites (N-methyl/N-ethyl adjacent to an activating group) is 1. The molecule has 180 valence electrons. The molecule has 0 spiro atoms. The van der Waals surface area contributed by atoms with Crippen LogP contribution in [-0.4, -0.2) is 79.9 Å². The first-order valence-corrected chi connectivity index (χ1v) is 11.0. The normalized spacial score (nSPS) is 16.1. The molecule has 0 bridgehead atoms. The molecule has 2 amide bonds. The Bertz CT molecular complexity index is 1100. The maximum Gasteiger partial charge on any atom is 0.265 e. The second-order valence-corrected chi connectivity index (χ2v) is 8.05. The van der Waals surface area contributed by atoms with Crippen LogP contribution in [0.4, 0.5) is 14.5 Å². The Morgan fingerprint density at radius 2 is 1.79 bits per heavy atom. The van der Waals surface area contributed by atoms with Gasteiger partial charge in [-0.15, -0.1) is 0 Å². The van der Waals surface area contributed by atoms with E-state index in [1.165, 1.54) is 23.1 Å². The molecule has 0 atom stereocenters. The first-order valence-electron chi connectivity index (χ1n) is 11.0. The van der Waals surface area contributed by atoms with Gasteiger partial charge < -0.3 is 19.3 Å². The first-order chi connectivity index (χ1) is 16.4. The molecule has 2 aromatic carbocycles. The number of rotatable bonds is 7. The number of carbonyl (C=O) groups excluding carboxylic acids is 3. The molecule has 0 radical (unpaired) electrons. The molecule has 4 rings (SSSR count). The van der Waals surface area contributed by atoms with E-state index in [0.717, 1.165) is 31.8 Å². The third-order valence-electron chi connectivity index (χ3n) is 5.95. The van der Waals surface area contributed by atoms with Crippen molar-refractivity contribution in [3.63, 3.8) is 0 Å². The summed E-state index contributed by atoms with van der Waals surface area (Å²) >= 11 is 0. The number of amides is 2. The van der Waals surface area contributed by atoms with Crippen LogP contribution in [0.3, 0.4) is 0 Å². The van der Waals surface area contributed by atoms with Gasteiger partial charge in [-0.05, 0) is 36.9 Å². The van der Waals surface area contributed by atoms with Crippen LogP contribution in [0.25, 0.3) is 0 Å². The van der Waals surface area contributed by atoms with E-state index in [9.17, 15) is 23.2 Å². The molecule has 2 aliphatic rings. The number of nitrogens with zero attached hydrogens (tertiary/aromatic N) is 3. The van der Waals surface area contributed by atoms with Crippen molar-refractivity contribution in [2.75, 3.05) is 57.4 Å². The molecule has 1 fully saturated rings. The van der Waals surface area contributed by atoms with Gasteiger partial charge in [0.25, 0.3) is 5.91 Å². The van der Waals surface area contributed by atoms with Gasteiger partial charge >= 0.3 is 0 Å². The summed E-state index contributed by atoms with van der Waals surface area (Å²) in [6.07, 6.45) is 0. The fourth-order valence-electron chi connectivity index (χ4n) is 3.90. The first kappa shape index (κ1) is 23.6. The maximum absolute atomic E-state index is 13.3. The summed E-state index contributed by atoms with van der Waals surface area (Å²) in [4.78, 5) is 43.4. The van der Waals surface area contributed by atoms with Crippen LogP contribution in [0.5, 0.6) is 11.5 Å². The summed E-state index contributed by atoms with van der Waals surface area (Å²) in [5.74, 6) is -2.68. The quantitative estimate of drug-likeness (QED) is 0.574. The lowest BCUT2D eigenvalue weighted by molar-refractivity contribution is -0.133. The minimum Gasteiger partial charge on any atom is -0.485 e. The Labute approximate surface area is 195 Å². The van der Waals surface area contributed by atoms with Gasteiger partial charge in [0.05, 0.1) is 5.69 Å². The highest BCUT2D eigenvalue weighted by molar-refractivity contribution is 6.04. The number of hydrogen-bond acceptors (Lipinski definition) is 6. The predicted octanol–water partition coefficient (Wildman–Crippen LogP) is 2.12. The van der Waals surface area contributed by atoms with E-state index >= 15 is 0 Å². The summed E-state index contributed by atoms with van der Waals surface area (Å²) in [5, 5.41) is 0. The summed E-state index contributed by atoms with van der Waals surface area (Å²) in [5.41, 5.74) is 0.559. The standard InChI is InChI=1S/C24H25F2N3O5/c1-2-27-7-9-28(10-8-27)23(31)13-29-20-11-16(3-6-22(20)34-15-24(29)32)21(30)14-33-17-4-5-18(25)19(26)12-17/h3-6,11-12H,2,7-10,13-15H2,1H3. The van der Waals surface area contributed by atoms with Crippen LogP contribution in [0.15, 0.2) is 36.4 Å². The molecule has 10 heteroatoms. The number of carbonyl (C=O) groups is 3. The van der Waals surface area contributed by atoms with Crippen molar-refractivity contribution in [3.8, 4) is 11.5 Å². The third kappa shape index (κ3) is 5.17. The van der Waals surface area contributed by atoms with E-state index < -0.39 is 24.0 Å². The smallest absolute Gasteiger partial charge is 0.265 e. The zero-order valence-corrected chi connectivity index (χ0v) is 18.8. The number of Topliss-reactive ketones (excluding diaryl/α,β-unsaturated/α-hetero) is 1. The molecule has 0 saturated carbocycles. The number of ketones is 1. The Hall–Kier alpha value is -3.53. The SMILES string of the molecule is CCN1CCN(C(=O)CN2C(=O)COc3ccc(C(=O)COc4ccc(F)c(F)c4)cc32)CC1. The number of piperazine rings is 1. The minimum atomic E-state index is -1.08. The van der Waals surface area contributed by atoms with E-state index in [1.54, 1.807) is 11.0 Å². The molecule has 8 nitrogen and oxygen atoms in total. The minimum absolute atomic E-state index is 0.0131. The fraction of sp³-hybridized carbons (Fsp3) is 0.375. The van der Waals surface area contributed by atoms with Crippen molar-refractivity contribution >= 4 is 23.3 Å². The van der Waals surface area contributed by atoms with E-state index in [4.69, 9.17) is 9.47 Å². The lowest BCUT2D eigenvalue weighted by Gasteiger charge is -2.36. The topological polar surface area (TPSA) is 79.4 Å². The maximum atomic E-state index is 13.3. The van der Waals surface area contributed by atoms with Gasteiger partial charge in [0.2, 0.25) is 5.91 Å². The molecule has 0 aromatic heterocycles. The number of ether oxygens (including phenoxy) is 2. The van der Waals surface area contributed by atoms with Crippen LogP contribution in [0.2, 0.25) is 0 Å². The number of halogens is 2. The van der Waals surface area contributed by atoms with Crippen LogP contribution in [0.1, 0.15) is 17.3 Å². The summed E-state index contributed by atoms with van der Waals surface area (Å²) in [7, 11) is 0. The number of benzene rings is 2. The van der Waals surface area contributed by atoms with E-state index in [2.05, 4.69) is 11.8 Å². The van der Waals surface area contributed by atoms with Gasteiger partial charge in [-0.1, -0.05) is 6.92 Å². The van der Waals surface area contributed by atoms with Crippen molar-refractivity contribution in [1.29, 1.82) is 0 Å².